The van der Waals surface area contributed by atoms with Crippen molar-refractivity contribution in [2.75, 3.05) is 0 Å². The molecule has 0 amide bonds. The SMILES string of the molecule is CC(=O)c1cc2cc(CC(F)(F)F)n(C)c2cc1Br. The van der Waals surface area contributed by atoms with E-state index in [0.717, 1.165) is 0 Å². The van der Waals surface area contributed by atoms with Crippen molar-refractivity contribution in [1.29, 1.82) is 0 Å². The van der Waals surface area contributed by atoms with Gasteiger partial charge < -0.3 is 4.57 Å². The first kappa shape index (κ1) is 14.1. The normalized spacial score (nSPS) is 12.1. The molecule has 0 aliphatic rings. The molecule has 2 nitrogen and oxygen atoms in total. The highest BCUT2D eigenvalue weighted by Gasteiger charge is 2.29. The molecule has 1 aromatic heterocycles. The molecule has 0 atom stereocenters. The predicted molar refractivity (Wildman–Crippen MR) is 70.4 cm³/mol. The molecule has 0 spiro atoms. The van der Waals surface area contributed by atoms with Crippen molar-refractivity contribution in [2.24, 2.45) is 7.05 Å². The lowest BCUT2D eigenvalue weighted by atomic mass is 10.1. The molecule has 2 rings (SSSR count). The van der Waals surface area contributed by atoms with Crippen LogP contribution in [0.4, 0.5) is 13.2 Å². The van der Waals surface area contributed by atoms with E-state index in [1.807, 2.05) is 0 Å². The Balaban J connectivity index is 2.60. The Morgan fingerprint density at radius 3 is 2.47 bits per heavy atom. The third-order valence-electron chi connectivity index (χ3n) is 2.99. The van der Waals surface area contributed by atoms with Gasteiger partial charge in [-0.3, -0.25) is 4.79 Å². The minimum atomic E-state index is -4.25. The van der Waals surface area contributed by atoms with E-state index in [4.69, 9.17) is 0 Å². The zero-order chi connectivity index (χ0) is 14.4. The third-order valence-corrected chi connectivity index (χ3v) is 3.65. The van der Waals surface area contributed by atoms with Crippen LogP contribution >= 0.6 is 15.9 Å². The van der Waals surface area contributed by atoms with Gasteiger partial charge in [0, 0.05) is 33.7 Å². The fourth-order valence-electron chi connectivity index (χ4n) is 2.06. The number of carbonyl (C=O) groups excluding carboxylic acids is 1. The zero-order valence-electron chi connectivity index (χ0n) is 10.3. The average Bonchev–Trinajstić information content (AvgIpc) is 2.53. The summed E-state index contributed by atoms with van der Waals surface area (Å²) in [5.41, 5.74) is 1.31. The minimum Gasteiger partial charge on any atom is -0.347 e. The molecule has 19 heavy (non-hydrogen) atoms. The summed E-state index contributed by atoms with van der Waals surface area (Å²) in [6.07, 6.45) is -5.23. The van der Waals surface area contributed by atoms with E-state index < -0.39 is 12.6 Å². The van der Waals surface area contributed by atoms with Crippen molar-refractivity contribution in [2.45, 2.75) is 19.5 Å². The zero-order valence-corrected chi connectivity index (χ0v) is 11.9. The van der Waals surface area contributed by atoms with Crippen LogP contribution in [0.5, 0.6) is 0 Å². The Hall–Kier alpha value is -1.30. The van der Waals surface area contributed by atoms with Gasteiger partial charge in [-0.25, -0.2) is 0 Å². The van der Waals surface area contributed by atoms with E-state index >= 15 is 0 Å². The maximum Gasteiger partial charge on any atom is 0.394 e. The maximum absolute atomic E-state index is 12.5. The summed E-state index contributed by atoms with van der Waals surface area (Å²) in [6.45, 7) is 1.42. The van der Waals surface area contributed by atoms with E-state index in [2.05, 4.69) is 15.9 Å². The van der Waals surface area contributed by atoms with Gasteiger partial charge in [0.1, 0.15) is 0 Å². The average molecular weight is 334 g/mol. The minimum absolute atomic E-state index is 0.130. The third kappa shape index (κ3) is 2.83. The lowest BCUT2D eigenvalue weighted by Gasteiger charge is -2.07. The number of rotatable bonds is 2. The highest BCUT2D eigenvalue weighted by molar-refractivity contribution is 9.10. The highest BCUT2D eigenvalue weighted by atomic mass is 79.9. The Morgan fingerprint density at radius 1 is 1.32 bits per heavy atom. The standard InChI is InChI=1S/C13H11BrF3NO/c1-7(19)10-4-8-3-9(6-13(15,16)17)18(2)12(8)5-11(10)14/h3-5H,6H2,1-2H3. The molecule has 0 fully saturated rings. The second kappa shape index (κ2) is 4.67. The number of halogens is 4. The van der Waals surface area contributed by atoms with E-state index in [1.54, 1.807) is 19.2 Å². The summed E-state index contributed by atoms with van der Waals surface area (Å²) in [5.74, 6) is -0.130. The number of fused-ring (bicyclic) bond motifs is 1. The van der Waals surface area contributed by atoms with Gasteiger partial charge in [-0.15, -0.1) is 0 Å². The first-order chi connectivity index (χ1) is 8.69. The molecule has 1 aromatic carbocycles. The molecule has 0 aliphatic heterocycles. The first-order valence-corrected chi connectivity index (χ1v) is 6.34. The predicted octanol–water partition coefficient (Wildman–Crippen LogP) is 4.25. The Morgan fingerprint density at radius 2 is 1.95 bits per heavy atom. The number of benzene rings is 1. The Labute approximate surface area is 116 Å². The van der Waals surface area contributed by atoms with E-state index in [9.17, 15) is 18.0 Å². The molecule has 2 aromatic rings. The van der Waals surface area contributed by atoms with Crippen molar-refractivity contribution in [1.82, 2.24) is 4.57 Å². The number of hydrogen-bond donors (Lipinski definition) is 0. The van der Waals surface area contributed by atoms with Crippen LogP contribution in [0.2, 0.25) is 0 Å². The summed E-state index contributed by atoms with van der Waals surface area (Å²) in [6, 6.07) is 4.76. The Kier molecular flexibility index (Phi) is 3.47. The molecule has 0 radical (unpaired) electrons. The molecular weight excluding hydrogens is 323 g/mol. The van der Waals surface area contributed by atoms with Crippen LogP contribution in [0.25, 0.3) is 10.9 Å². The lowest BCUT2D eigenvalue weighted by molar-refractivity contribution is -0.128. The highest BCUT2D eigenvalue weighted by Crippen LogP contribution is 2.30. The number of carbonyl (C=O) groups is 1. The molecule has 0 saturated heterocycles. The summed E-state index contributed by atoms with van der Waals surface area (Å²) in [7, 11) is 1.59. The molecule has 0 N–H and O–H groups in total. The number of ketones is 1. The fourth-order valence-corrected chi connectivity index (χ4v) is 2.67. The largest absolute Gasteiger partial charge is 0.394 e. The van der Waals surface area contributed by atoms with Crippen molar-refractivity contribution in [3.8, 4) is 0 Å². The molecule has 0 aliphatic carbocycles. The number of hydrogen-bond acceptors (Lipinski definition) is 1. The number of Topliss-reactive ketones (excluding diaryl/α,β-unsaturated/α-hetero) is 1. The summed E-state index contributed by atoms with van der Waals surface area (Å²) in [5, 5.41) is 0.634. The van der Waals surface area contributed by atoms with Gasteiger partial charge in [-0.05, 0) is 41.1 Å². The molecular formula is C13H11BrF3NO. The van der Waals surface area contributed by atoms with Crippen LogP contribution in [0, 0.1) is 0 Å². The summed E-state index contributed by atoms with van der Waals surface area (Å²) < 4.78 is 39.5. The van der Waals surface area contributed by atoms with Crippen molar-refractivity contribution >= 4 is 32.6 Å². The van der Waals surface area contributed by atoms with Gasteiger partial charge in [0.25, 0.3) is 0 Å². The van der Waals surface area contributed by atoms with Gasteiger partial charge in [0.2, 0.25) is 0 Å². The van der Waals surface area contributed by atoms with Gasteiger partial charge in [0.05, 0.1) is 6.42 Å². The maximum atomic E-state index is 12.5. The molecule has 1 heterocycles. The van der Waals surface area contributed by atoms with E-state index in [0.29, 0.717) is 20.9 Å². The number of nitrogens with zero attached hydrogens (tertiary/aromatic N) is 1. The van der Waals surface area contributed by atoms with Crippen molar-refractivity contribution in [3.63, 3.8) is 0 Å². The van der Waals surface area contributed by atoms with Crippen LogP contribution in [-0.4, -0.2) is 16.5 Å². The monoisotopic (exact) mass is 333 g/mol. The van der Waals surface area contributed by atoms with Gasteiger partial charge in [-0.1, -0.05) is 0 Å². The second-order valence-electron chi connectivity index (χ2n) is 4.43. The summed E-state index contributed by atoms with van der Waals surface area (Å²) in [4.78, 5) is 11.4. The molecule has 102 valence electrons. The van der Waals surface area contributed by atoms with Gasteiger partial charge in [-0.2, -0.15) is 13.2 Å². The number of aryl methyl sites for hydroxylation is 1. The van der Waals surface area contributed by atoms with Crippen LogP contribution in [-0.2, 0) is 13.5 Å². The number of aromatic nitrogens is 1. The smallest absolute Gasteiger partial charge is 0.347 e. The molecule has 6 heteroatoms. The molecule has 0 bridgehead atoms. The second-order valence-corrected chi connectivity index (χ2v) is 5.29. The molecule has 0 unspecified atom stereocenters. The summed E-state index contributed by atoms with van der Waals surface area (Å²) >= 11 is 3.27. The van der Waals surface area contributed by atoms with E-state index in [1.165, 1.54) is 17.6 Å². The first-order valence-electron chi connectivity index (χ1n) is 5.54. The van der Waals surface area contributed by atoms with E-state index in [-0.39, 0.29) is 11.5 Å². The van der Waals surface area contributed by atoms with Crippen LogP contribution < -0.4 is 0 Å². The Bertz CT molecular complexity index is 658. The van der Waals surface area contributed by atoms with Gasteiger partial charge in [0.15, 0.2) is 5.78 Å². The number of alkyl halides is 3. The lowest BCUT2D eigenvalue weighted by Crippen LogP contribution is -2.14. The quantitative estimate of drug-likeness (QED) is 0.753. The van der Waals surface area contributed by atoms with Gasteiger partial charge >= 0.3 is 6.18 Å². The van der Waals surface area contributed by atoms with Crippen LogP contribution in [0.1, 0.15) is 23.0 Å². The van der Waals surface area contributed by atoms with Crippen LogP contribution in [0.3, 0.4) is 0 Å². The van der Waals surface area contributed by atoms with Crippen molar-refractivity contribution in [3.05, 3.63) is 33.9 Å². The fraction of sp³-hybridized carbons (Fsp3) is 0.308. The topological polar surface area (TPSA) is 22.0 Å². The molecule has 0 saturated carbocycles. The van der Waals surface area contributed by atoms with Crippen LogP contribution in [0.15, 0.2) is 22.7 Å². The van der Waals surface area contributed by atoms with Crippen molar-refractivity contribution < 1.29 is 18.0 Å².